The van der Waals surface area contributed by atoms with Crippen LogP contribution in [0.4, 0.5) is 0 Å². The molecular formula is C54H34N4S. The minimum absolute atomic E-state index is 0.657. The van der Waals surface area contributed by atoms with E-state index in [4.69, 9.17) is 19.9 Å². The predicted molar refractivity (Wildman–Crippen MR) is 246 cm³/mol. The van der Waals surface area contributed by atoms with Gasteiger partial charge in [-0.15, -0.1) is 11.3 Å². The van der Waals surface area contributed by atoms with E-state index in [1.165, 1.54) is 36.5 Å². The molecule has 59 heavy (non-hydrogen) atoms. The molecule has 0 aliphatic carbocycles. The van der Waals surface area contributed by atoms with Crippen LogP contribution in [0, 0.1) is 0 Å². The molecule has 0 amide bonds. The Labute approximate surface area is 345 Å². The average molecular weight is 771 g/mol. The van der Waals surface area contributed by atoms with Crippen LogP contribution < -0.4 is 0 Å². The number of nitrogens with zero attached hydrogens (tertiary/aromatic N) is 4. The predicted octanol–water partition coefficient (Wildman–Crippen LogP) is 14.5. The summed E-state index contributed by atoms with van der Waals surface area (Å²) in [6.45, 7) is 0. The van der Waals surface area contributed by atoms with Crippen LogP contribution in [0.1, 0.15) is 0 Å². The molecule has 4 heterocycles. The van der Waals surface area contributed by atoms with E-state index in [2.05, 4.69) is 140 Å². The fraction of sp³-hybridized carbons (Fsp3) is 0. The molecule has 0 aliphatic heterocycles. The van der Waals surface area contributed by atoms with Crippen molar-refractivity contribution < 1.29 is 0 Å². The molecule has 7 aromatic carbocycles. The molecule has 0 atom stereocenters. The minimum Gasteiger partial charge on any atom is -0.256 e. The first-order valence-corrected chi connectivity index (χ1v) is 20.5. The second-order valence-corrected chi connectivity index (χ2v) is 15.8. The van der Waals surface area contributed by atoms with E-state index in [9.17, 15) is 0 Å². The third-order valence-electron chi connectivity index (χ3n) is 10.9. The monoisotopic (exact) mass is 770 g/mol. The largest absolute Gasteiger partial charge is 0.256 e. The lowest BCUT2D eigenvalue weighted by molar-refractivity contribution is 1.18. The second-order valence-electron chi connectivity index (χ2n) is 14.7. The number of hydrogen-bond acceptors (Lipinski definition) is 5. The zero-order valence-corrected chi connectivity index (χ0v) is 32.6. The van der Waals surface area contributed by atoms with Crippen molar-refractivity contribution >= 4 is 42.3 Å². The van der Waals surface area contributed by atoms with Gasteiger partial charge in [0, 0.05) is 60.4 Å². The summed E-state index contributed by atoms with van der Waals surface area (Å²) in [6, 6.07) is 68.5. The summed E-state index contributed by atoms with van der Waals surface area (Å²) in [4.78, 5) is 20.1. The van der Waals surface area contributed by atoms with Gasteiger partial charge < -0.3 is 0 Å². The first-order valence-electron chi connectivity index (χ1n) is 19.7. The van der Waals surface area contributed by atoms with E-state index in [-0.39, 0.29) is 0 Å². The van der Waals surface area contributed by atoms with Crippen LogP contribution in [0.3, 0.4) is 0 Å². The van der Waals surface area contributed by atoms with Crippen LogP contribution in [-0.4, -0.2) is 19.9 Å². The fourth-order valence-corrected chi connectivity index (χ4v) is 9.28. The molecule has 276 valence electrons. The maximum atomic E-state index is 5.34. The molecule has 0 spiro atoms. The lowest BCUT2D eigenvalue weighted by Crippen LogP contribution is -1.97. The molecule has 0 radical (unpaired) electrons. The van der Waals surface area contributed by atoms with Gasteiger partial charge in [0.1, 0.15) is 0 Å². The number of benzene rings is 7. The molecule has 0 unspecified atom stereocenters. The van der Waals surface area contributed by atoms with Crippen molar-refractivity contribution in [3.8, 4) is 78.7 Å². The molecule has 4 nitrogen and oxygen atoms in total. The van der Waals surface area contributed by atoms with E-state index in [1.54, 1.807) is 0 Å². The van der Waals surface area contributed by atoms with Gasteiger partial charge in [0.2, 0.25) is 0 Å². The number of hydrogen-bond donors (Lipinski definition) is 0. The quantitative estimate of drug-likeness (QED) is 0.162. The molecule has 11 rings (SSSR count). The Morgan fingerprint density at radius 3 is 1.61 bits per heavy atom. The number of fused-ring (bicyclic) bond motifs is 4. The van der Waals surface area contributed by atoms with Crippen molar-refractivity contribution in [2.45, 2.75) is 0 Å². The van der Waals surface area contributed by atoms with E-state index in [0.29, 0.717) is 5.82 Å². The zero-order valence-electron chi connectivity index (χ0n) is 31.8. The van der Waals surface area contributed by atoms with Gasteiger partial charge in [-0.05, 0) is 112 Å². The number of aromatic nitrogens is 4. The summed E-state index contributed by atoms with van der Waals surface area (Å²) in [5.41, 5.74) is 12.9. The highest BCUT2D eigenvalue weighted by atomic mass is 32.1. The fourth-order valence-electron chi connectivity index (χ4n) is 8.04. The third kappa shape index (κ3) is 6.63. The summed E-state index contributed by atoms with van der Waals surface area (Å²) in [6.07, 6.45) is 3.66. The highest BCUT2D eigenvalue weighted by Gasteiger charge is 2.18. The molecular weight excluding hydrogens is 737 g/mol. The van der Waals surface area contributed by atoms with E-state index in [0.717, 1.165) is 67.3 Å². The van der Waals surface area contributed by atoms with Crippen LogP contribution in [0.25, 0.3) is 110 Å². The Morgan fingerprint density at radius 1 is 0.322 bits per heavy atom. The first-order chi connectivity index (χ1) is 29.2. The Balaban J connectivity index is 1.16. The summed E-state index contributed by atoms with van der Waals surface area (Å²) in [7, 11) is 0. The summed E-state index contributed by atoms with van der Waals surface area (Å²) in [5, 5.41) is 4.98. The van der Waals surface area contributed by atoms with Crippen molar-refractivity contribution in [1.29, 1.82) is 0 Å². The third-order valence-corrected chi connectivity index (χ3v) is 12.2. The molecule has 0 bridgehead atoms. The molecule has 5 heteroatoms. The van der Waals surface area contributed by atoms with Crippen molar-refractivity contribution in [3.05, 3.63) is 207 Å². The van der Waals surface area contributed by atoms with E-state index < -0.39 is 0 Å². The van der Waals surface area contributed by atoms with Crippen molar-refractivity contribution in [1.82, 2.24) is 19.9 Å². The first kappa shape index (κ1) is 34.6. The standard InChI is InChI=1S/C54H34N4S/c1-2-14-36(15-3-1)54-57-50(34-51(58-54)44-32-41(48-20-8-10-25-55-48)31-42(33-44)49-21-9-11-26-56-49)43-29-39(38-24-23-35-13-4-5-16-37(35)27-38)28-40(30-43)45-18-12-19-47-46-17-6-7-22-52(46)59-53(45)47/h1-34H. The van der Waals surface area contributed by atoms with Gasteiger partial charge in [-0.1, -0.05) is 115 Å². The van der Waals surface area contributed by atoms with Gasteiger partial charge in [-0.3, -0.25) is 9.97 Å². The highest BCUT2D eigenvalue weighted by molar-refractivity contribution is 7.26. The molecule has 0 saturated heterocycles. The summed E-state index contributed by atoms with van der Waals surface area (Å²) in [5.74, 6) is 0.657. The maximum absolute atomic E-state index is 5.34. The average Bonchev–Trinajstić information content (AvgIpc) is 3.71. The van der Waals surface area contributed by atoms with Crippen molar-refractivity contribution in [2.24, 2.45) is 0 Å². The second kappa shape index (κ2) is 14.7. The molecule has 0 fully saturated rings. The lowest BCUT2D eigenvalue weighted by atomic mass is 9.92. The van der Waals surface area contributed by atoms with Crippen LogP contribution >= 0.6 is 11.3 Å². The van der Waals surface area contributed by atoms with Crippen LogP contribution in [0.5, 0.6) is 0 Å². The normalized spacial score (nSPS) is 11.4. The molecule has 11 aromatic rings. The van der Waals surface area contributed by atoms with Gasteiger partial charge >= 0.3 is 0 Å². The van der Waals surface area contributed by atoms with Crippen molar-refractivity contribution in [3.63, 3.8) is 0 Å². The minimum atomic E-state index is 0.657. The van der Waals surface area contributed by atoms with Crippen LogP contribution in [0.15, 0.2) is 207 Å². The van der Waals surface area contributed by atoms with Crippen LogP contribution in [0.2, 0.25) is 0 Å². The Hall–Kier alpha value is -7.60. The van der Waals surface area contributed by atoms with Crippen LogP contribution in [-0.2, 0) is 0 Å². The Morgan fingerprint density at radius 2 is 0.898 bits per heavy atom. The van der Waals surface area contributed by atoms with Gasteiger partial charge in [-0.2, -0.15) is 0 Å². The number of thiophene rings is 1. The SMILES string of the molecule is c1ccc(-c2nc(-c3cc(-c4ccccn4)cc(-c4ccccn4)c3)cc(-c3cc(-c4ccc5ccccc5c4)cc(-c4cccc5c4sc4ccccc45)c3)n2)cc1. The zero-order chi connectivity index (χ0) is 39.1. The number of rotatable bonds is 7. The van der Waals surface area contributed by atoms with Gasteiger partial charge in [0.05, 0.1) is 22.8 Å². The van der Waals surface area contributed by atoms with Gasteiger partial charge in [-0.25, -0.2) is 9.97 Å². The molecule has 0 saturated carbocycles. The van der Waals surface area contributed by atoms with Gasteiger partial charge in [0.25, 0.3) is 0 Å². The Bertz CT molecular complexity index is 3270. The smallest absolute Gasteiger partial charge is 0.160 e. The number of pyridine rings is 2. The topological polar surface area (TPSA) is 51.6 Å². The summed E-state index contributed by atoms with van der Waals surface area (Å²) >= 11 is 1.85. The molecule has 0 aliphatic rings. The molecule has 0 N–H and O–H groups in total. The summed E-state index contributed by atoms with van der Waals surface area (Å²) < 4.78 is 2.56. The van der Waals surface area contributed by atoms with Gasteiger partial charge in [0.15, 0.2) is 5.82 Å². The molecule has 4 aromatic heterocycles. The van der Waals surface area contributed by atoms with E-state index in [1.807, 2.05) is 78.3 Å². The Kier molecular flexibility index (Phi) is 8.64. The highest BCUT2D eigenvalue weighted by Crippen LogP contribution is 2.43. The van der Waals surface area contributed by atoms with E-state index >= 15 is 0 Å². The lowest BCUT2D eigenvalue weighted by Gasteiger charge is -2.15. The van der Waals surface area contributed by atoms with Crippen molar-refractivity contribution in [2.75, 3.05) is 0 Å². The maximum Gasteiger partial charge on any atom is 0.160 e.